The largest absolute Gasteiger partial charge is 0.497 e. The number of benzene rings is 2. The van der Waals surface area contributed by atoms with Crippen LogP contribution < -0.4 is 15.0 Å². The van der Waals surface area contributed by atoms with Crippen molar-refractivity contribution in [2.24, 2.45) is 5.92 Å². The third-order valence-corrected chi connectivity index (χ3v) is 5.54. The highest BCUT2D eigenvalue weighted by Crippen LogP contribution is 2.31. The number of aryl methyl sites for hydroxylation is 2. The number of ether oxygens (including phenoxy) is 1. The summed E-state index contributed by atoms with van der Waals surface area (Å²) in [4.78, 5) is 27.2. The van der Waals surface area contributed by atoms with E-state index in [1.165, 1.54) is 0 Å². The van der Waals surface area contributed by atoms with Crippen molar-refractivity contribution in [3.8, 4) is 11.4 Å². The number of para-hydroxylation sites is 1. The number of methoxy groups -OCH3 is 1. The van der Waals surface area contributed by atoms with Gasteiger partial charge in [0.25, 0.3) is 0 Å². The predicted molar refractivity (Wildman–Crippen MR) is 117 cm³/mol. The average Bonchev–Trinajstić information content (AvgIpc) is 3.31. The SMILES string of the molecule is COc1ccc(NC(=O)[C@@H]2CC(=O)N(c3ccccc3)C2)c(-n2c(C)ccc2C)c1. The Morgan fingerprint density at radius 2 is 1.73 bits per heavy atom. The number of aromatic nitrogens is 1. The molecule has 1 aliphatic rings. The number of amides is 2. The second-order valence-electron chi connectivity index (χ2n) is 7.56. The smallest absolute Gasteiger partial charge is 0.229 e. The summed E-state index contributed by atoms with van der Waals surface area (Å²) < 4.78 is 7.47. The van der Waals surface area contributed by atoms with Gasteiger partial charge < -0.3 is 19.5 Å². The van der Waals surface area contributed by atoms with E-state index in [0.29, 0.717) is 18.0 Å². The lowest BCUT2D eigenvalue weighted by Crippen LogP contribution is -2.28. The van der Waals surface area contributed by atoms with Crippen LogP contribution in [0.1, 0.15) is 17.8 Å². The number of anilines is 2. The van der Waals surface area contributed by atoms with Gasteiger partial charge in [0, 0.05) is 36.1 Å². The molecule has 1 aromatic heterocycles. The van der Waals surface area contributed by atoms with E-state index >= 15 is 0 Å². The lowest BCUT2D eigenvalue weighted by molar-refractivity contribution is -0.122. The molecule has 0 spiro atoms. The fraction of sp³-hybridized carbons (Fsp3) is 0.250. The molecule has 1 N–H and O–H groups in total. The van der Waals surface area contributed by atoms with Crippen molar-refractivity contribution in [3.63, 3.8) is 0 Å². The number of carbonyl (C=O) groups is 2. The number of hydrogen-bond donors (Lipinski definition) is 1. The summed E-state index contributed by atoms with van der Waals surface area (Å²) in [6.07, 6.45) is 0.202. The van der Waals surface area contributed by atoms with Crippen molar-refractivity contribution in [1.29, 1.82) is 0 Å². The fourth-order valence-corrected chi connectivity index (χ4v) is 3.95. The minimum absolute atomic E-state index is 0.0339. The second kappa shape index (κ2) is 8.06. The Kier molecular flexibility index (Phi) is 5.31. The summed E-state index contributed by atoms with van der Waals surface area (Å²) in [5.74, 6) is 0.116. The van der Waals surface area contributed by atoms with Gasteiger partial charge in [-0.3, -0.25) is 9.59 Å². The van der Waals surface area contributed by atoms with Crippen molar-refractivity contribution < 1.29 is 14.3 Å². The second-order valence-corrected chi connectivity index (χ2v) is 7.56. The highest BCUT2D eigenvalue weighted by atomic mass is 16.5. The number of rotatable bonds is 5. The van der Waals surface area contributed by atoms with Crippen molar-refractivity contribution in [3.05, 3.63) is 72.1 Å². The van der Waals surface area contributed by atoms with E-state index in [9.17, 15) is 9.59 Å². The fourth-order valence-electron chi connectivity index (χ4n) is 3.95. The summed E-state index contributed by atoms with van der Waals surface area (Å²) in [7, 11) is 1.62. The van der Waals surface area contributed by atoms with Crippen molar-refractivity contribution in [2.45, 2.75) is 20.3 Å². The maximum absolute atomic E-state index is 13.1. The standard InChI is InChI=1S/C24H25N3O3/c1-16-9-10-17(2)27(16)22-14-20(30-3)11-12-21(22)25-24(29)18-13-23(28)26(15-18)19-7-5-4-6-8-19/h4-12,14,18H,13,15H2,1-3H3,(H,25,29)/t18-/m1/s1. The normalized spacial score (nSPS) is 16.0. The number of hydrogen-bond acceptors (Lipinski definition) is 3. The monoisotopic (exact) mass is 403 g/mol. The Hall–Kier alpha value is -3.54. The average molecular weight is 403 g/mol. The van der Waals surface area contributed by atoms with Gasteiger partial charge in [0.05, 0.1) is 24.4 Å². The van der Waals surface area contributed by atoms with E-state index in [2.05, 4.69) is 9.88 Å². The first-order valence-electron chi connectivity index (χ1n) is 9.97. The summed E-state index contributed by atoms with van der Waals surface area (Å²) in [6, 6.07) is 19.1. The van der Waals surface area contributed by atoms with Gasteiger partial charge in [-0.05, 0) is 50.2 Å². The van der Waals surface area contributed by atoms with Crippen LogP contribution in [0, 0.1) is 19.8 Å². The molecule has 0 bridgehead atoms. The first kappa shape index (κ1) is 19.8. The minimum atomic E-state index is -0.403. The first-order chi connectivity index (χ1) is 14.5. The zero-order valence-electron chi connectivity index (χ0n) is 17.4. The van der Waals surface area contributed by atoms with E-state index in [1.54, 1.807) is 12.0 Å². The van der Waals surface area contributed by atoms with Gasteiger partial charge in [-0.15, -0.1) is 0 Å². The molecule has 30 heavy (non-hydrogen) atoms. The number of carbonyl (C=O) groups excluding carboxylic acids is 2. The van der Waals surface area contributed by atoms with Gasteiger partial charge in [-0.2, -0.15) is 0 Å². The van der Waals surface area contributed by atoms with E-state index in [1.807, 2.05) is 74.5 Å². The molecule has 6 heteroatoms. The Morgan fingerprint density at radius 3 is 2.40 bits per heavy atom. The van der Waals surface area contributed by atoms with Crippen LogP contribution in [0.5, 0.6) is 5.75 Å². The third kappa shape index (κ3) is 3.68. The van der Waals surface area contributed by atoms with Gasteiger partial charge in [-0.1, -0.05) is 18.2 Å². The Labute approximate surface area is 176 Å². The molecule has 1 atom stereocenters. The third-order valence-electron chi connectivity index (χ3n) is 5.54. The number of nitrogens with zero attached hydrogens (tertiary/aromatic N) is 2. The van der Waals surface area contributed by atoms with E-state index < -0.39 is 5.92 Å². The molecule has 1 saturated heterocycles. The lowest BCUT2D eigenvalue weighted by Gasteiger charge is -2.19. The summed E-state index contributed by atoms with van der Waals surface area (Å²) in [5.41, 5.74) is 4.47. The van der Waals surface area contributed by atoms with E-state index in [0.717, 1.165) is 22.8 Å². The molecule has 154 valence electrons. The van der Waals surface area contributed by atoms with Gasteiger partial charge >= 0.3 is 0 Å². The highest BCUT2D eigenvalue weighted by molar-refractivity contribution is 6.04. The molecule has 3 aromatic rings. The zero-order chi connectivity index (χ0) is 21.3. The Balaban J connectivity index is 1.59. The quantitative estimate of drug-likeness (QED) is 0.698. The minimum Gasteiger partial charge on any atom is -0.497 e. The van der Waals surface area contributed by atoms with Crippen molar-refractivity contribution in [1.82, 2.24) is 4.57 Å². The molecular weight excluding hydrogens is 378 g/mol. The molecule has 0 radical (unpaired) electrons. The van der Waals surface area contributed by atoms with Crippen molar-refractivity contribution >= 4 is 23.2 Å². The van der Waals surface area contributed by atoms with Crippen LogP contribution in [0.2, 0.25) is 0 Å². The molecular formula is C24H25N3O3. The van der Waals surface area contributed by atoms with Crippen LogP contribution in [-0.2, 0) is 9.59 Å². The Bertz CT molecular complexity index is 1070. The van der Waals surface area contributed by atoms with Crippen molar-refractivity contribution in [2.75, 3.05) is 23.9 Å². The zero-order valence-corrected chi connectivity index (χ0v) is 17.4. The van der Waals surface area contributed by atoms with Crippen LogP contribution in [0.4, 0.5) is 11.4 Å². The van der Waals surface area contributed by atoms with Gasteiger partial charge in [0.15, 0.2) is 0 Å². The van der Waals surface area contributed by atoms with Crippen LogP contribution in [0.15, 0.2) is 60.7 Å². The molecule has 1 fully saturated rings. The summed E-state index contributed by atoms with van der Waals surface area (Å²) in [6.45, 7) is 4.42. The molecule has 0 aliphatic carbocycles. The van der Waals surface area contributed by atoms with Crippen LogP contribution in [0.3, 0.4) is 0 Å². The molecule has 1 aliphatic heterocycles. The van der Waals surface area contributed by atoms with Gasteiger partial charge in [-0.25, -0.2) is 0 Å². The van der Waals surface area contributed by atoms with Gasteiger partial charge in [0.1, 0.15) is 5.75 Å². The molecule has 2 aromatic carbocycles. The van der Waals surface area contributed by atoms with Crippen LogP contribution in [0.25, 0.3) is 5.69 Å². The Morgan fingerprint density at radius 1 is 1.03 bits per heavy atom. The molecule has 6 nitrogen and oxygen atoms in total. The number of nitrogens with one attached hydrogen (secondary N) is 1. The maximum Gasteiger partial charge on any atom is 0.229 e. The molecule has 4 rings (SSSR count). The van der Waals surface area contributed by atoms with E-state index in [-0.39, 0.29) is 18.2 Å². The van der Waals surface area contributed by atoms with Crippen LogP contribution >= 0.6 is 0 Å². The maximum atomic E-state index is 13.1. The summed E-state index contributed by atoms with van der Waals surface area (Å²) >= 11 is 0. The molecule has 0 unspecified atom stereocenters. The highest BCUT2D eigenvalue weighted by Gasteiger charge is 2.35. The van der Waals surface area contributed by atoms with Crippen LogP contribution in [-0.4, -0.2) is 30.0 Å². The molecule has 2 heterocycles. The first-order valence-corrected chi connectivity index (χ1v) is 9.97. The van der Waals surface area contributed by atoms with Gasteiger partial charge in [0.2, 0.25) is 11.8 Å². The molecule has 0 saturated carbocycles. The predicted octanol–water partition coefficient (Wildman–Crippen LogP) is 4.09. The molecule has 2 amide bonds. The lowest BCUT2D eigenvalue weighted by atomic mass is 10.1. The summed E-state index contributed by atoms with van der Waals surface area (Å²) in [5, 5.41) is 3.04. The topological polar surface area (TPSA) is 63.6 Å². The van der Waals surface area contributed by atoms with E-state index in [4.69, 9.17) is 4.74 Å².